The largest absolute Gasteiger partial charge is 0.323 e. The summed E-state index contributed by atoms with van der Waals surface area (Å²) in [6.45, 7) is 0. The number of Topliss-reactive ketones (excluding diaryl/α,β-unsaturated/α-hetero) is 2. The van der Waals surface area contributed by atoms with E-state index in [-0.39, 0.29) is 17.1 Å². The Labute approximate surface area is 136 Å². The van der Waals surface area contributed by atoms with Gasteiger partial charge < -0.3 is 5.32 Å². The molecule has 0 aromatic heterocycles. The van der Waals surface area contributed by atoms with Gasteiger partial charge in [-0.05, 0) is 25.7 Å². The van der Waals surface area contributed by atoms with E-state index in [1.165, 1.54) is 0 Å². The molecule has 3 rings (SSSR count). The summed E-state index contributed by atoms with van der Waals surface area (Å²) in [5.41, 5.74) is 2.26. The van der Waals surface area contributed by atoms with Crippen LogP contribution in [0.2, 0.25) is 0 Å². The lowest BCUT2D eigenvalue weighted by Crippen LogP contribution is -1.99. The molecular weight excluding hydrogens is 286 g/mol. The van der Waals surface area contributed by atoms with E-state index in [1.807, 2.05) is 50.5 Å². The van der Waals surface area contributed by atoms with Crippen LogP contribution in [0.25, 0.3) is 6.08 Å². The lowest BCUT2D eigenvalue weighted by Gasteiger charge is -1.91. The molecule has 1 aliphatic rings. The molecule has 23 heavy (non-hydrogen) atoms. The van der Waals surface area contributed by atoms with E-state index in [2.05, 4.69) is 5.32 Å². The number of rotatable bonds is 2. The highest BCUT2D eigenvalue weighted by Crippen LogP contribution is 2.26. The molecule has 2 aromatic carbocycles. The third-order valence-electron chi connectivity index (χ3n) is 3.26. The molecule has 0 aliphatic heterocycles. The smallest absolute Gasteiger partial charge is 0.197 e. The quantitative estimate of drug-likeness (QED) is 0.682. The zero-order valence-corrected chi connectivity index (χ0v) is 13.2. The molecule has 1 N–H and O–H groups in total. The Morgan fingerprint density at radius 2 is 1.26 bits per heavy atom. The second-order valence-electron chi connectivity index (χ2n) is 5.05. The minimum Gasteiger partial charge on any atom is -0.323 e. The maximum Gasteiger partial charge on any atom is 0.197 e. The molecule has 0 unspecified atom stereocenters. The summed E-state index contributed by atoms with van der Waals surface area (Å²) in [7, 11) is 3.75. The standard InChI is InChI=1S/C18H12O2.C2H7N/c19-17-14-10-4-5-11-15(14)18(20)16(17)12-6-9-13-7-2-1-3-8-13;1-3-2/h1-12H;3H,1-2H3. The van der Waals surface area contributed by atoms with Gasteiger partial charge in [-0.3, -0.25) is 9.59 Å². The fourth-order valence-electron chi connectivity index (χ4n) is 2.24. The van der Waals surface area contributed by atoms with Crippen molar-refractivity contribution in [3.8, 4) is 0 Å². The van der Waals surface area contributed by atoms with Crippen LogP contribution >= 0.6 is 0 Å². The van der Waals surface area contributed by atoms with E-state index in [9.17, 15) is 9.59 Å². The number of hydrogen-bond acceptors (Lipinski definition) is 3. The average molecular weight is 305 g/mol. The summed E-state index contributed by atoms with van der Waals surface area (Å²) >= 11 is 0. The number of carbonyl (C=O) groups excluding carboxylic acids is 2. The Kier molecular flexibility index (Phi) is 5.78. The van der Waals surface area contributed by atoms with Crippen LogP contribution in [0.15, 0.2) is 72.3 Å². The van der Waals surface area contributed by atoms with Crippen LogP contribution < -0.4 is 5.32 Å². The van der Waals surface area contributed by atoms with Crippen molar-refractivity contribution in [2.45, 2.75) is 0 Å². The average Bonchev–Trinajstić information content (AvgIpc) is 2.82. The number of ketones is 2. The molecule has 0 amide bonds. The SMILES string of the molecule is CNC.O=C1C(=CC=Cc2ccccc2)C(=O)c2ccccc21. The molecule has 0 radical (unpaired) electrons. The molecule has 0 atom stereocenters. The number of hydrogen-bond donors (Lipinski definition) is 1. The molecule has 2 aromatic rings. The summed E-state index contributed by atoms with van der Waals surface area (Å²) in [5, 5.41) is 2.75. The Bertz CT molecular complexity index is 721. The number of benzene rings is 2. The Morgan fingerprint density at radius 1 is 0.783 bits per heavy atom. The van der Waals surface area contributed by atoms with E-state index >= 15 is 0 Å². The third kappa shape index (κ3) is 3.90. The van der Waals surface area contributed by atoms with Crippen molar-refractivity contribution in [2.24, 2.45) is 0 Å². The Balaban J connectivity index is 0.000000595. The highest BCUT2D eigenvalue weighted by Gasteiger charge is 2.31. The van der Waals surface area contributed by atoms with E-state index in [0.717, 1.165) is 5.56 Å². The lowest BCUT2D eigenvalue weighted by atomic mass is 10.1. The Morgan fingerprint density at radius 3 is 1.78 bits per heavy atom. The van der Waals surface area contributed by atoms with Gasteiger partial charge in [-0.15, -0.1) is 0 Å². The molecule has 0 fully saturated rings. The van der Waals surface area contributed by atoms with Crippen molar-refractivity contribution in [2.75, 3.05) is 14.1 Å². The fraction of sp³-hybridized carbons (Fsp3) is 0.100. The van der Waals surface area contributed by atoms with Crippen molar-refractivity contribution in [1.29, 1.82) is 0 Å². The van der Waals surface area contributed by atoms with Crippen LogP contribution in [-0.2, 0) is 0 Å². The van der Waals surface area contributed by atoms with Gasteiger partial charge in [0.2, 0.25) is 0 Å². The second kappa shape index (κ2) is 8.01. The Hall–Kier alpha value is -2.78. The molecular formula is C20H19NO2. The molecule has 0 saturated carbocycles. The summed E-state index contributed by atoms with van der Waals surface area (Å²) in [6.07, 6.45) is 5.21. The molecule has 0 spiro atoms. The van der Waals surface area contributed by atoms with Gasteiger partial charge in [-0.2, -0.15) is 0 Å². The van der Waals surface area contributed by atoms with E-state index < -0.39 is 0 Å². The first-order valence-electron chi connectivity index (χ1n) is 7.39. The summed E-state index contributed by atoms with van der Waals surface area (Å²) in [5.74, 6) is -0.383. The minimum absolute atomic E-state index is 0.191. The monoisotopic (exact) mass is 305 g/mol. The van der Waals surface area contributed by atoms with E-state index in [4.69, 9.17) is 0 Å². The normalized spacial score (nSPS) is 12.9. The lowest BCUT2D eigenvalue weighted by molar-refractivity contribution is 0.0989. The molecule has 3 nitrogen and oxygen atoms in total. The van der Waals surface area contributed by atoms with E-state index in [1.54, 1.807) is 36.4 Å². The van der Waals surface area contributed by atoms with Crippen molar-refractivity contribution < 1.29 is 9.59 Å². The highest BCUT2D eigenvalue weighted by molar-refractivity contribution is 6.39. The minimum atomic E-state index is -0.191. The number of carbonyl (C=O) groups is 2. The predicted octanol–water partition coefficient (Wildman–Crippen LogP) is 3.54. The third-order valence-corrected chi connectivity index (χ3v) is 3.26. The maximum absolute atomic E-state index is 12.1. The fourth-order valence-corrected chi connectivity index (χ4v) is 2.24. The number of fused-ring (bicyclic) bond motifs is 1. The van der Waals surface area contributed by atoms with Gasteiger partial charge in [0.1, 0.15) is 0 Å². The van der Waals surface area contributed by atoms with Gasteiger partial charge in [0.15, 0.2) is 11.6 Å². The zero-order valence-electron chi connectivity index (χ0n) is 13.2. The van der Waals surface area contributed by atoms with Crippen LogP contribution in [0.4, 0.5) is 0 Å². The van der Waals surface area contributed by atoms with Gasteiger partial charge in [0.05, 0.1) is 5.57 Å². The van der Waals surface area contributed by atoms with Gasteiger partial charge in [0, 0.05) is 11.1 Å². The predicted molar refractivity (Wildman–Crippen MR) is 93.6 cm³/mol. The topological polar surface area (TPSA) is 46.2 Å². The van der Waals surface area contributed by atoms with Crippen LogP contribution in [0.1, 0.15) is 26.3 Å². The van der Waals surface area contributed by atoms with Crippen molar-refractivity contribution in [3.63, 3.8) is 0 Å². The zero-order chi connectivity index (χ0) is 16.7. The van der Waals surface area contributed by atoms with Gasteiger partial charge in [-0.25, -0.2) is 0 Å². The van der Waals surface area contributed by atoms with Gasteiger partial charge in [-0.1, -0.05) is 66.7 Å². The first-order chi connectivity index (χ1) is 11.2. The summed E-state index contributed by atoms with van der Waals surface area (Å²) in [4.78, 5) is 24.3. The van der Waals surface area contributed by atoms with Crippen molar-refractivity contribution >= 4 is 17.6 Å². The second-order valence-corrected chi connectivity index (χ2v) is 5.05. The molecule has 0 heterocycles. The van der Waals surface area contributed by atoms with E-state index in [0.29, 0.717) is 11.1 Å². The number of nitrogens with one attached hydrogen (secondary N) is 1. The van der Waals surface area contributed by atoms with Crippen molar-refractivity contribution in [1.82, 2.24) is 5.32 Å². The first kappa shape index (κ1) is 16.6. The van der Waals surface area contributed by atoms with Gasteiger partial charge in [0.25, 0.3) is 0 Å². The highest BCUT2D eigenvalue weighted by atomic mass is 16.2. The van der Waals surface area contributed by atoms with Crippen molar-refractivity contribution in [3.05, 3.63) is 89.0 Å². The molecule has 116 valence electrons. The summed E-state index contributed by atoms with van der Waals surface area (Å²) in [6, 6.07) is 16.7. The summed E-state index contributed by atoms with van der Waals surface area (Å²) < 4.78 is 0. The molecule has 0 saturated heterocycles. The molecule has 1 aliphatic carbocycles. The van der Waals surface area contributed by atoms with Crippen LogP contribution in [-0.4, -0.2) is 25.7 Å². The molecule has 0 bridgehead atoms. The maximum atomic E-state index is 12.1. The van der Waals surface area contributed by atoms with Crippen LogP contribution in [0.5, 0.6) is 0 Å². The first-order valence-corrected chi connectivity index (χ1v) is 7.39. The van der Waals surface area contributed by atoms with Crippen LogP contribution in [0, 0.1) is 0 Å². The van der Waals surface area contributed by atoms with Gasteiger partial charge >= 0.3 is 0 Å². The number of allylic oxidation sites excluding steroid dienone is 3. The molecule has 3 heteroatoms. The van der Waals surface area contributed by atoms with Crippen LogP contribution in [0.3, 0.4) is 0 Å².